The topological polar surface area (TPSA) is 47.6 Å². The highest BCUT2D eigenvalue weighted by atomic mass is 16.5. The fraction of sp³-hybridized carbons (Fsp3) is 0.438. The molecule has 1 aliphatic carbocycles. The minimum absolute atomic E-state index is 0.00892. The van der Waals surface area contributed by atoms with Crippen LogP contribution in [0.15, 0.2) is 23.8 Å². The van der Waals surface area contributed by atoms with Crippen LogP contribution in [0.25, 0.3) is 6.08 Å². The Morgan fingerprint density at radius 2 is 2.15 bits per heavy atom. The first-order valence-corrected chi connectivity index (χ1v) is 7.09. The lowest BCUT2D eigenvalue weighted by molar-refractivity contribution is -0.118. The molecule has 1 saturated carbocycles. The molecule has 1 aromatic rings. The lowest BCUT2D eigenvalue weighted by Crippen LogP contribution is -2.35. The Labute approximate surface area is 118 Å². The first-order valence-electron chi connectivity index (χ1n) is 7.09. The molecule has 0 radical (unpaired) electrons. The van der Waals surface area contributed by atoms with Crippen molar-refractivity contribution in [3.63, 3.8) is 0 Å². The Bertz CT molecular complexity index is 545. The van der Waals surface area contributed by atoms with Gasteiger partial charge in [0.05, 0.1) is 12.7 Å². The molecule has 4 nitrogen and oxygen atoms in total. The molecule has 0 aromatic heterocycles. The van der Waals surface area contributed by atoms with Gasteiger partial charge in [0.25, 0.3) is 5.91 Å². The number of amides is 1. The summed E-state index contributed by atoms with van der Waals surface area (Å²) in [6, 6.07) is 6.01. The normalized spacial score (nSPS) is 17.9. The number of hydrogen-bond donors (Lipinski definition) is 1. The quantitative estimate of drug-likeness (QED) is 0.920. The van der Waals surface area contributed by atoms with E-state index in [0.29, 0.717) is 29.7 Å². The fourth-order valence-electron chi connectivity index (χ4n) is 2.82. The predicted octanol–water partition coefficient (Wildman–Crippen LogP) is 2.53. The van der Waals surface area contributed by atoms with Gasteiger partial charge < -0.3 is 14.8 Å². The van der Waals surface area contributed by atoms with Crippen molar-refractivity contribution in [2.75, 3.05) is 13.7 Å². The number of carbonyl (C=O) groups excluding carboxylic acids is 1. The van der Waals surface area contributed by atoms with Crippen molar-refractivity contribution in [1.29, 1.82) is 0 Å². The zero-order chi connectivity index (χ0) is 13.9. The van der Waals surface area contributed by atoms with Crippen LogP contribution in [0.4, 0.5) is 0 Å². The Hall–Kier alpha value is -1.97. The Morgan fingerprint density at radius 1 is 1.35 bits per heavy atom. The van der Waals surface area contributed by atoms with Gasteiger partial charge in [-0.05, 0) is 25.0 Å². The van der Waals surface area contributed by atoms with E-state index in [1.54, 1.807) is 7.11 Å². The molecule has 1 heterocycles. The van der Waals surface area contributed by atoms with Gasteiger partial charge >= 0.3 is 0 Å². The van der Waals surface area contributed by atoms with Gasteiger partial charge in [-0.15, -0.1) is 0 Å². The summed E-state index contributed by atoms with van der Waals surface area (Å²) in [5.74, 6) is 1.41. The van der Waals surface area contributed by atoms with E-state index in [9.17, 15) is 4.79 Å². The van der Waals surface area contributed by atoms with Crippen LogP contribution in [-0.2, 0) is 4.79 Å². The highest BCUT2D eigenvalue weighted by molar-refractivity contribution is 5.99. The number of para-hydroxylation sites is 1. The third-order valence-corrected chi connectivity index (χ3v) is 3.91. The van der Waals surface area contributed by atoms with Crippen LogP contribution in [0.5, 0.6) is 11.5 Å². The smallest absolute Gasteiger partial charge is 0.250 e. The molecule has 0 unspecified atom stereocenters. The molecule has 1 N–H and O–H groups in total. The van der Waals surface area contributed by atoms with Crippen LogP contribution in [0.2, 0.25) is 0 Å². The second kappa shape index (κ2) is 5.57. The van der Waals surface area contributed by atoms with E-state index in [1.165, 1.54) is 12.8 Å². The van der Waals surface area contributed by atoms with Gasteiger partial charge in [0.1, 0.15) is 6.61 Å². The highest BCUT2D eigenvalue weighted by Gasteiger charge is 2.23. The third-order valence-electron chi connectivity index (χ3n) is 3.91. The molecule has 1 aromatic carbocycles. The van der Waals surface area contributed by atoms with Gasteiger partial charge in [0.15, 0.2) is 11.5 Å². The molecule has 0 spiro atoms. The van der Waals surface area contributed by atoms with Gasteiger partial charge in [0, 0.05) is 11.6 Å². The highest BCUT2D eigenvalue weighted by Crippen LogP contribution is 2.35. The minimum atomic E-state index is -0.00892. The maximum absolute atomic E-state index is 12.2. The number of hydrogen-bond acceptors (Lipinski definition) is 3. The zero-order valence-corrected chi connectivity index (χ0v) is 11.6. The van der Waals surface area contributed by atoms with Crippen LogP contribution in [-0.4, -0.2) is 25.7 Å². The first-order chi connectivity index (χ1) is 9.78. The van der Waals surface area contributed by atoms with E-state index in [0.717, 1.165) is 18.4 Å². The predicted molar refractivity (Wildman–Crippen MR) is 76.9 cm³/mol. The van der Waals surface area contributed by atoms with E-state index in [4.69, 9.17) is 9.47 Å². The number of carbonyl (C=O) groups is 1. The number of rotatable bonds is 3. The maximum atomic E-state index is 12.2. The Morgan fingerprint density at radius 3 is 2.90 bits per heavy atom. The van der Waals surface area contributed by atoms with Crippen molar-refractivity contribution < 1.29 is 14.3 Å². The molecule has 0 bridgehead atoms. The summed E-state index contributed by atoms with van der Waals surface area (Å²) in [5, 5.41) is 3.09. The summed E-state index contributed by atoms with van der Waals surface area (Å²) in [6.45, 7) is 0.298. The van der Waals surface area contributed by atoms with Crippen molar-refractivity contribution in [2.24, 2.45) is 0 Å². The SMILES string of the molecule is COc1cccc2c1OCC(C(=O)NC1CCCC1)=C2. The molecule has 106 valence electrons. The van der Waals surface area contributed by atoms with Gasteiger partial charge in [-0.1, -0.05) is 25.0 Å². The van der Waals surface area contributed by atoms with Crippen molar-refractivity contribution in [2.45, 2.75) is 31.7 Å². The van der Waals surface area contributed by atoms with Crippen molar-refractivity contribution >= 4 is 12.0 Å². The van der Waals surface area contributed by atoms with E-state index in [-0.39, 0.29) is 5.91 Å². The van der Waals surface area contributed by atoms with Crippen molar-refractivity contribution in [1.82, 2.24) is 5.32 Å². The summed E-state index contributed by atoms with van der Waals surface area (Å²) in [7, 11) is 1.62. The third kappa shape index (κ3) is 2.50. The lowest BCUT2D eigenvalue weighted by Gasteiger charge is -2.21. The molecule has 3 rings (SSSR count). The van der Waals surface area contributed by atoms with Gasteiger partial charge in [-0.2, -0.15) is 0 Å². The van der Waals surface area contributed by atoms with Gasteiger partial charge in [0.2, 0.25) is 0 Å². The standard InChI is InChI=1S/C16H19NO3/c1-19-14-8-4-5-11-9-12(10-20-15(11)14)16(18)17-13-6-2-3-7-13/h4-5,8-9,13H,2-3,6-7,10H2,1H3,(H,17,18). The van der Waals surface area contributed by atoms with Crippen LogP contribution >= 0.6 is 0 Å². The molecule has 20 heavy (non-hydrogen) atoms. The molecular formula is C16H19NO3. The second-order valence-electron chi connectivity index (χ2n) is 5.29. The molecule has 1 aliphatic heterocycles. The minimum Gasteiger partial charge on any atom is -0.493 e. The average molecular weight is 273 g/mol. The number of ether oxygens (including phenoxy) is 2. The molecule has 4 heteroatoms. The van der Waals surface area contributed by atoms with E-state index < -0.39 is 0 Å². The second-order valence-corrected chi connectivity index (χ2v) is 5.29. The van der Waals surface area contributed by atoms with E-state index in [2.05, 4.69) is 5.32 Å². The van der Waals surface area contributed by atoms with E-state index >= 15 is 0 Å². The largest absolute Gasteiger partial charge is 0.493 e. The summed E-state index contributed by atoms with van der Waals surface area (Å²) in [5.41, 5.74) is 1.57. The van der Waals surface area contributed by atoms with Crippen molar-refractivity contribution in [3.05, 3.63) is 29.3 Å². The Kier molecular flexibility index (Phi) is 3.63. The van der Waals surface area contributed by atoms with Crippen molar-refractivity contribution in [3.8, 4) is 11.5 Å². The molecule has 1 amide bonds. The summed E-state index contributed by atoms with van der Waals surface area (Å²) >= 11 is 0. The molecule has 1 fully saturated rings. The first kappa shape index (κ1) is 13.0. The maximum Gasteiger partial charge on any atom is 0.250 e. The number of benzene rings is 1. The van der Waals surface area contributed by atoms with Crippen LogP contribution in [0.1, 0.15) is 31.2 Å². The number of fused-ring (bicyclic) bond motifs is 1. The number of nitrogens with one attached hydrogen (secondary N) is 1. The average Bonchev–Trinajstić information content (AvgIpc) is 2.98. The zero-order valence-electron chi connectivity index (χ0n) is 11.6. The van der Waals surface area contributed by atoms with Gasteiger partial charge in [-0.3, -0.25) is 4.79 Å². The molecule has 0 saturated heterocycles. The molecule has 0 atom stereocenters. The van der Waals surface area contributed by atoms with Crippen LogP contribution in [0.3, 0.4) is 0 Å². The van der Waals surface area contributed by atoms with Crippen LogP contribution < -0.4 is 14.8 Å². The monoisotopic (exact) mass is 273 g/mol. The van der Waals surface area contributed by atoms with Crippen LogP contribution in [0, 0.1) is 0 Å². The number of methoxy groups -OCH3 is 1. The Balaban J connectivity index is 1.77. The molecular weight excluding hydrogens is 254 g/mol. The summed E-state index contributed by atoms with van der Waals surface area (Å²) in [4.78, 5) is 12.2. The van der Waals surface area contributed by atoms with Gasteiger partial charge in [-0.25, -0.2) is 0 Å². The van der Waals surface area contributed by atoms with E-state index in [1.807, 2.05) is 24.3 Å². The lowest BCUT2D eigenvalue weighted by atomic mass is 10.1. The summed E-state index contributed by atoms with van der Waals surface area (Å²) in [6.07, 6.45) is 6.49. The fourth-order valence-corrected chi connectivity index (χ4v) is 2.82. The molecule has 2 aliphatic rings. The summed E-state index contributed by atoms with van der Waals surface area (Å²) < 4.78 is 11.0.